The maximum absolute atomic E-state index is 2.42. The lowest BCUT2D eigenvalue weighted by atomic mass is 9.83. The van der Waals surface area contributed by atoms with Crippen LogP contribution >= 0.6 is 0 Å². The van der Waals surface area contributed by atoms with E-state index in [0.29, 0.717) is 0 Å². The molecule has 44 heavy (non-hydrogen) atoms. The monoisotopic (exact) mass is 568 g/mol. The Labute approximate surface area is 262 Å². The van der Waals surface area contributed by atoms with Crippen molar-refractivity contribution in [2.45, 2.75) is 40.5 Å². The summed E-state index contributed by atoms with van der Waals surface area (Å²) >= 11 is 0. The average Bonchev–Trinajstić information content (AvgIpc) is 3.12. The van der Waals surface area contributed by atoms with Gasteiger partial charge in [-0.05, 0) is 102 Å². The number of aryl methyl sites for hydroxylation is 1. The van der Waals surface area contributed by atoms with Crippen molar-refractivity contribution in [1.82, 2.24) is 0 Å². The largest absolute Gasteiger partial charge is 0.0757 e. The van der Waals surface area contributed by atoms with Crippen LogP contribution in [0.2, 0.25) is 0 Å². The molecule has 1 aliphatic carbocycles. The standard InChI is InChI=1S/C40H28.2C2H6/c1-2-13-29-25-32(24-23-27(29)11-1)40-37-20-7-5-18-35(37)39(36-19-6-8-21-38(36)40)31-16-9-15-30(26-31)34-22-10-14-28-12-3-4-17-33(28)34;2*1-2/h1-9,11-13,15-26H,10,14H2;2*1-2H3. The van der Waals surface area contributed by atoms with Gasteiger partial charge in [0.2, 0.25) is 0 Å². The molecule has 0 unspecified atom stereocenters. The number of rotatable bonds is 3. The van der Waals surface area contributed by atoms with Crippen molar-refractivity contribution in [3.05, 3.63) is 162 Å². The van der Waals surface area contributed by atoms with E-state index in [4.69, 9.17) is 0 Å². The molecule has 7 aromatic rings. The van der Waals surface area contributed by atoms with Crippen LogP contribution in [0.3, 0.4) is 0 Å². The highest BCUT2D eigenvalue weighted by molar-refractivity contribution is 6.21. The molecule has 0 aliphatic heterocycles. The van der Waals surface area contributed by atoms with Crippen LogP contribution < -0.4 is 0 Å². The molecule has 0 radical (unpaired) electrons. The van der Waals surface area contributed by atoms with Crippen molar-refractivity contribution in [2.75, 3.05) is 0 Å². The zero-order valence-electron chi connectivity index (χ0n) is 26.3. The summed E-state index contributed by atoms with van der Waals surface area (Å²) in [7, 11) is 0. The number of fused-ring (bicyclic) bond motifs is 4. The Morgan fingerprint density at radius 3 is 1.59 bits per heavy atom. The molecule has 0 atom stereocenters. The van der Waals surface area contributed by atoms with Crippen LogP contribution in [0.25, 0.3) is 60.1 Å². The van der Waals surface area contributed by atoms with E-state index in [-0.39, 0.29) is 0 Å². The van der Waals surface area contributed by atoms with Gasteiger partial charge in [-0.2, -0.15) is 0 Å². The maximum Gasteiger partial charge on any atom is -0.00262 e. The molecule has 0 heterocycles. The lowest BCUT2D eigenvalue weighted by Gasteiger charge is -2.20. The van der Waals surface area contributed by atoms with Crippen molar-refractivity contribution >= 4 is 37.9 Å². The van der Waals surface area contributed by atoms with Gasteiger partial charge in [0.1, 0.15) is 0 Å². The molecule has 8 rings (SSSR count). The first-order valence-electron chi connectivity index (χ1n) is 16.2. The van der Waals surface area contributed by atoms with Gasteiger partial charge in [-0.25, -0.2) is 0 Å². The second kappa shape index (κ2) is 13.1. The SMILES string of the molecule is C1=C(c2cccc(-c3c4ccccc4c(-c4ccc5ccccc5c4)c4ccccc34)c2)c2ccccc2CC1.CC.CC. The number of allylic oxidation sites excluding steroid dienone is 1. The summed E-state index contributed by atoms with van der Waals surface area (Å²) in [6.45, 7) is 8.00. The predicted octanol–water partition coefficient (Wildman–Crippen LogP) is 12.9. The topological polar surface area (TPSA) is 0 Å². The van der Waals surface area contributed by atoms with Crippen molar-refractivity contribution in [3.8, 4) is 22.3 Å². The fourth-order valence-corrected chi connectivity index (χ4v) is 6.69. The van der Waals surface area contributed by atoms with Gasteiger partial charge in [0.05, 0.1) is 0 Å². The molecular formula is C44H40. The molecule has 0 saturated carbocycles. The van der Waals surface area contributed by atoms with Crippen LogP contribution in [-0.2, 0) is 6.42 Å². The van der Waals surface area contributed by atoms with E-state index in [1.54, 1.807) is 0 Å². The maximum atomic E-state index is 2.42. The van der Waals surface area contributed by atoms with Crippen LogP contribution in [0.1, 0.15) is 50.8 Å². The Hall–Kier alpha value is -4.94. The van der Waals surface area contributed by atoms with Gasteiger partial charge >= 0.3 is 0 Å². The Morgan fingerprint density at radius 2 is 0.932 bits per heavy atom. The van der Waals surface area contributed by atoms with E-state index in [2.05, 4.69) is 146 Å². The molecule has 0 bridgehead atoms. The van der Waals surface area contributed by atoms with Crippen LogP contribution in [-0.4, -0.2) is 0 Å². The molecule has 7 aromatic carbocycles. The molecule has 0 nitrogen and oxygen atoms in total. The molecule has 0 aromatic heterocycles. The first kappa shape index (κ1) is 29.1. The van der Waals surface area contributed by atoms with Gasteiger partial charge in [0.15, 0.2) is 0 Å². The number of hydrogen-bond acceptors (Lipinski definition) is 0. The highest BCUT2D eigenvalue weighted by atomic mass is 14.2. The van der Waals surface area contributed by atoms with E-state index >= 15 is 0 Å². The minimum Gasteiger partial charge on any atom is -0.0757 e. The van der Waals surface area contributed by atoms with Crippen LogP contribution in [0, 0.1) is 0 Å². The van der Waals surface area contributed by atoms with E-state index < -0.39 is 0 Å². The Morgan fingerprint density at radius 1 is 0.409 bits per heavy atom. The quantitative estimate of drug-likeness (QED) is 0.186. The van der Waals surface area contributed by atoms with Crippen LogP contribution in [0.4, 0.5) is 0 Å². The smallest absolute Gasteiger partial charge is 0.00262 e. The minimum absolute atomic E-state index is 1.09. The van der Waals surface area contributed by atoms with Crippen molar-refractivity contribution < 1.29 is 0 Å². The van der Waals surface area contributed by atoms with Crippen molar-refractivity contribution in [1.29, 1.82) is 0 Å². The summed E-state index contributed by atoms with van der Waals surface area (Å²) in [5.41, 5.74) is 10.6. The van der Waals surface area contributed by atoms with E-state index in [1.807, 2.05) is 27.7 Å². The molecule has 0 N–H and O–H groups in total. The lowest BCUT2D eigenvalue weighted by molar-refractivity contribution is 0.978. The third kappa shape index (κ3) is 5.22. The van der Waals surface area contributed by atoms with Gasteiger partial charge in [0.25, 0.3) is 0 Å². The zero-order valence-corrected chi connectivity index (χ0v) is 26.3. The molecule has 0 spiro atoms. The predicted molar refractivity (Wildman–Crippen MR) is 194 cm³/mol. The van der Waals surface area contributed by atoms with E-state index in [0.717, 1.165) is 12.8 Å². The fourth-order valence-electron chi connectivity index (χ4n) is 6.69. The van der Waals surface area contributed by atoms with Gasteiger partial charge in [-0.1, -0.05) is 161 Å². The third-order valence-corrected chi connectivity index (χ3v) is 8.50. The second-order valence-electron chi connectivity index (χ2n) is 10.8. The molecule has 0 heteroatoms. The van der Waals surface area contributed by atoms with E-state index in [9.17, 15) is 0 Å². The summed E-state index contributed by atoms with van der Waals surface area (Å²) in [5, 5.41) is 7.70. The number of hydrogen-bond donors (Lipinski definition) is 0. The van der Waals surface area contributed by atoms with Crippen LogP contribution in [0.15, 0.2) is 146 Å². The molecule has 0 saturated heterocycles. The first-order chi connectivity index (χ1) is 21.8. The summed E-state index contributed by atoms with van der Waals surface area (Å²) in [5.74, 6) is 0. The number of benzene rings is 7. The Bertz CT molecular complexity index is 2050. The summed E-state index contributed by atoms with van der Waals surface area (Å²) < 4.78 is 0. The van der Waals surface area contributed by atoms with Gasteiger partial charge in [0, 0.05) is 0 Å². The molecule has 0 fully saturated rings. The third-order valence-electron chi connectivity index (χ3n) is 8.50. The summed E-state index contributed by atoms with van der Waals surface area (Å²) in [4.78, 5) is 0. The molecule has 216 valence electrons. The first-order valence-corrected chi connectivity index (χ1v) is 16.2. The van der Waals surface area contributed by atoms with E-state index in [1.165, 1.54) is 76.8 Å². The van der Waals surface area contributed by atoms with Gasteiger partial charge < -0.3 is 0 Å². The average molecular weight is 569 g/mol. The molecular weight excluding hydrogens is 528 g/mol. The second-order valence-corrected chi connectivity index (χ2v) is 10.8. The molecule has 0 amide bonds. The fraction of sp³-hybridized carbons (Fsp3) is 0.136. The summed E-state index contributed by atoms with van der Waals surface area (Å²) in [6, 6.07) is 51.4. The highest BCUT2D eigenvalue weighted by Crippen LogP contribution is 2.44. The minimum atomic E-state index is 1.09. The normalized spacial score (nSPS) is 12.0. The van der Waals surface area contributed by atoms with Crippen LogP contribution in [0.5, 0.6) is 0 Å². The lowest BCUT2D eigenvalue weighted by Crippen LogP contribution is -2.00. The van der Waals surface area contributed by atoms with Gasteiger partial charge in [-0.3, -0.25) is 0 Å². The highest BCUT2D eigenvalue weighted by Gasteiger charge is 2.18. The van der Waals surface area contributed by atoms with Gasteiger partial charge in [-0.15, -0.1) is 0 Å². The summed E-state index contributed by atoms with van der Waals surface area (Å²) in [6.07, 6.45) is 4.62. The Balaban J connectivity index is 0.000000826. The molecule has 1 aliphatic rings. The van der Waals surface area contributed by atoms with Crippen molar-refractivity contribution in [3.63, 3.8) is 0 Å². The van der Waals surface area contributed by atoms with Crippen molar-refractivity contribution in [2.24, 2.45) is 0 Å². The zero-order chi connectivity index (χ0) is 30.5. The Kier molecular flexibility index (Phi) is 8.71.